The predicted octanol–water partition coefficient (Wildman–Crippen LogP) is 12.0. The van der Waals surface area contributed by atoms with Gasteiger partial charge in [0.25, 0.3) is 0 Å². The molecule has 2 N–H and O–H groups in total. The van der Waals surface area contributed by atoms with E-state index in [-0.39, 0.29) is 5.84 Å². The van der Waals surface area contributed by atoms with Gasteiger partial charge in [-0.1, -0.05) is 127 Å². The van der Waals surface area contributed by atoms with Gasteiger partial charge in [0.2, 0.25) is 5.62 Å². The van der Waals surface area contributed by atoms with Crippen molar-refractivity contribution in [1.82, 2.24) is 19.1 Å². The minimum absolute atomic E-state index is 0.127. The fraction of sp³-hybridized carbons (Fsp3) is 0. The average Bonchev–Trinajstić information content (AvgIpc) is 3.79. The van der Waals surface area contributed by atoms with E-state index in [9.17, 15) is 0 Å². The van der Waals surface area contributed by atoms with Crippen LogP contribution in [0.5, 0.6) is 0 Å². The Morgan fingerprint density at radius 2 is 0.965 bits per heavy atom. The number of hydrogen-bond acceptors (Lipinski definition) is 2. The van der Waals surface area contributed by atoms with Crippen molar-refractivity contribution >= 4 is 60.4 Å². The Morgan fingerprint density at radius 1 is 0.439 bits per heavy atom. The second-order valence-corrected chi connectivity index (χ2v) is 14.3. The van der Waals surface area contributed by atoms with Crippen molar-refractivity contribution in [3.63, 3.8) is 0 Å². The van der Waals surface area contributed by atoms with Crippen LogP contribution in [0, 0.1) is 5.41 Å². The maximum absolute atomic E-state index is 9.14. The van der Waals surface area contributed by atoms with Crippen LogP contribution in [-0.2, 0) is 0 Å². The van der Waals surface area contributed by atoms with Gasteiger partial charge in [0.05, 0.1) is 33.3 Å². The van der Waals surface area contributed by atoms with E-state index < -0.39 is 0 Å². The average molecular weight is 731 g/mol. The lowest BCUT2D eigenvalue weighted by Crippen LogP contribution is -2.17. The highest BCUT2D eigenvalue weighted by Gasteiger charge is 2.17. The van der Waals surface area contributed by atoms with Crippen LogP contribution in [0.3, 0.4) is 0 Å². The van der Waals surface area contributed by atoms with Gasteiger partial charge < -0.3 is 14.1 Å². The molecule has 0 amide bonds. The van der Waals surface area contributed by atoms with Gasteiger partial charge in [-0.25, -0.2) is 4.98 Å². The van der Waals surface area contributed by atoms with E-state index in [0.29, 0.717) is 11.2 Å². The molecule has 0 bridgehead atoms. The number of H-pyrrole nitrogens is 1. The van der Waals surface area contributed by atoms with E-state index in [2.05, 4.69) is 142 Å². The highest BCUT2D eigenvalue weighted by molar-refractivity contribution is 6.13. The molecule has 0 spiro atoms. The molecule has 11 aromatic rings. The third kappa shape index (κ3) is 5.46. The van der Waals surface area contributed by atoms with Crippen LogP contribution in [0.25, 0.3) is 88.3 Å². The van der Waals surface area contributed by atoms with Gasteiger partial charge in [-0.2, -0.15) is 4.99 Å². The molecule has 6 nitrogen and oxygen atoms in total. The van der Waals surface area contributed by atoms with E-state index in [0.717, 1.165) is 50.1 Å². The van der Waals surface area contributed by atoms with Crippen molar-refractivity contribution in [1.29, 1.82) is 5.41 Å². The largest absolute Gasteiger partial charge is 0.323 e. The SMILES string of the molecule is N=C(/N=c1/nc(-c2ccccc2)c2ccccc2[nH]1)c1cccc(-n2c3ccccc3c3cc(-c4ccc5c(c4)c4ccccc4n5-c4ccccc4)ccc32)c1. The van der Waals surface area contributed by atoms with Gasteiger partial charge in [-0.3, -0.25) is 5.41 Å². The normalized spacial score (nSPS) is 12.0. The summed E-state index contributed by atoms with van der Waals surface area (Å²) in [5.41, 5.74) is 12.8. The molecule has 0 aliphatic carbocycles. The predicted molar refractivity (Wildman–Crippen MR) is 234 cm³/mol. The number of aromatic nitrogens is 4. The lowest BCUT2D eigenvalue weighted by Gasteiger charge is -2.10. The Hall–Kier alpha value is -7.83. The van der Waals surface area contributed by atoms with Crippen LogP contribution in [-0.4, -0.2) is 24.9 Å². The first-order valence-corrected chi connectivity index (χ1v) is 19.1. The molecule has 0 saturated heterocycles. The topological polar surface area (TPSA) is 74.8 Å². The summed E-state index contributed by atoms with van der Waals surface area (Å²) in [6.07, 6.45) is 0. The van der Waals surface area contributed by atoms with E-state index in [1.165, 1.54) is 38.1 Å². The minimum Gasteiger partial charge on any atom is -0.323 e. The summed E-state index contributed by atoms with van der Waals surface area (Å²) in [5.74, 6) is 0.127. The maximum Gasteiger partial charge on any atom is 0.229 e. The number of benzene rings is 8. The number of aromatic amines is 1. The molecule has 0 aliphatic rings. The summed E-state index contributed by atoms with van der Waals surface area (Å²) in [6.45, 7) is 0. The standard InChI is InChI=1S/C51H34N6/c52-50(55-51-53-44-23-10-7-22-41(44)49(54-51)33-14-3-1-4-15-33)36-16-13-19-38(30-36)57-46-25-12-9-21-40(46)43-32-35(27-29-48(43)57)34-26-28-47-42(31-34)39-20-8-11-24-45(39)56(47)37-17-5-2-6-18-37/h1-32H,(H2,52,53,54,55). The van der Waals surface area contributed by atoms with Crippen molar-refractivity contribution in [2.75, 3.05) is 0 Å². The van der Waals surface area contributed by atoms with Crippen LogP contribution in [0.15, 0.2) is 199 Å². The molecule has 3 heterocycles. The Labute approximate surface area is 327 Å². The molecular formula is C51H34N6. The van der Waals surface area contributed by atoms with Crippen LogP contribution in [0.1, 0.15) is 5.56 Å². The first-order valence-electron chi connectivity index (χ1n) is 19.1. The minimum atomic E-state index is 0.127. The third-order valence-corrected chi connectivity index (χ3v) is 11.0. The fourth-order valence-electron chi connectivity index (χ4n) is 8.38. The van der Waals surface area contributed by atoms with Crippen LogP contribution in [0.4, 0.5) is 0 Å². The lowest BCUT2D eigenvalue weighted by atomic mass is 10.0. The van der Waals surface area contributed by atoms with Gasteiger partial charge in [-0.05, 0) is 77.9 Å². The smallest absolute Gasteiger partial charge is 0.229 e. The molecule has 0 aliphatic heterocycles. The Morgan fingerprint density at radius 3 is 1.63 bits per heavy atom. The third-order valence-electron chi connectivity index (χ3n) is 11.0. The molecule has 6 heteroatoms. The first kappa shape index (κ1) is 32.6. The molecule has 57 heavy (non-hydrogen) atoms. The van der Waals surface area contributed by atoms with Gasteiger partial charge in [0.15, 0.2) is 5.84 Å². The van der Waals surface area contributed by atoms with Crippen molar-refractivity contribution in [3.05, 3.63) is 205 Å². The zero-order valence-electron chi connectivity index (χ0n) is 30.8. The molecule has 0 saturated carbocycles. The number of nitrogens with one attached hydrogen (secondary N) is 2. The second-order valence-electron chi connectivity index (χ2n) is 14.3. The fourth-order valence-corrected chi connectivity index (χ4v) is 8.38. The first-order chi connectivity index (χ1) is 28.2. The monoisotopic (exact) mass is 730 g/mol. The Kier molecular flexibility index (Phi) is 7.54. The van der Waals surface area contributed by atoms with Crippen molar-refractivity contribution in [2.45, 2.75) is 0 Å². The van der Waals surface area contributed by atoms with Crippen LogP contribution in [0.2, 0.25) is 0 Å². The summed E-state index contributed by atoms with van der Waals surface area (Å²) < 4.78 is 4.64. The molecule has 3 aromatic heterocycles. The summed E-state index contributed by atoms with van der Waals surface area (Å²) in [4.78, 5) is 13.0. The number of para-hydroxylation sites is 4. The van der Waals surface area contributed by atoms with E-state index in [4.69, 9.17) is 15.4 Å². The highest BCUT2D eigenvalue weighted by Crippen LogP contribution is 2.38. The van der Waals surface area contributed by atoms with Crippen LogP contribution < -0.4 is 5.62 Å². The number of nitrogens with zero attached hydrogens (tertiary/aromatic N) is 4. The number of hydrogen-bond donors (Lipinski definition) is 2. The lowest BCUT2D eigenvalue weighted by molar-refractivity contribution is 1.05. The van der Waals surface area contributed by atoms with Gasteiger partial charge in [0.1, 0.15) is 0 Å². The van der Waals surface area contributed by atoms with E-state index >= 15 is 0 Å². The number of rotatable bonds is 5. The zero-order valence-corrected chi connectivity index (χ0v) is 30.8. The molecule has 0 unspecified atom stereocenters. The quantitative estimate of drug-likeness (QED) is 0.134. The van der Waals surface area contributed by atoms with E-state index in [1.807, 2.05) is 66.7 Å². The molecule has 0 fully saturated rings. The van der Waals surface area contributed by atoms with Gasteiger partial charge >= 0.3 is 0 Å². The Balaban J connectivity index is 1.01. The molecular weight excluding hydrogens is 697 g/mol. The Bertz CT molecular complexity index is 3420. The number of amidine groups is 1. The zero-order chi connectivity index (χ0) is 37.9. The maximum atomic E-state index is 9.14. The van der Waals surface area contributed by atoms with Gasteiger partial charge in [0, 0.05) is 49.4 Å². The molecule has 8 aromatic carbocycles. The second kappa shape index (κ2) is 13.2. The highest BCUT2D eigenvalue weighted by atomic mass is 15.0. The van der Waals surface area contributed by atoms with Crippen molar-refractivity contribution in [2.24, 2.45) is 4.99 Å². The van der Waals surface area contributed by atoms with Crippen LogP contribution >= 0.6 is 0 Å². The van der Waals surface area contributed by atoms with Crippen molar-refractivity contribution < 1.29 is 0 Å². The van der Waals surface area contributed by atoms with E-state index in [1.54, 1.807) is 0 Å². The molecule has 0 radical (unpaired) electrons. The molecule has 0 atom stereocenters. The summed E-state index contributed by atoms with van der Waals surface area (Å²) in [7, 11) is 0. The number of fused-ring (bicyclic) bond motifs is 7. The molecule has 11 rings (SSSR count). The van der Waals surface area contributed by atoms with Gasteiger partial charge in [-0.15, -0.1) is 0 Å². The summed E-state index contributed by atoms with van der Waals surface area (Å²) in [6, 6.07) is 67.6. The molecule has 268 valence electrons. The summed E-state index contributed by atoms with van der Waals surface area (Å²) in [5, 5.41) is 14.9. The van der Waals surface area contributed by atoms with Crippen molar-refractivity contribution in [3.8, 4) is 33.8 Å². The summed E-state index contributed by atoms with van der Waals surface area (Å²) >= 11 is 0.